The molecule has 0 bridgehead atoms. The largest absolute Gasteiger partial charge is 0.365 e. The molecule has 172 valence electrons. The van der Waals surface area contributed by atoms with Crippen LogP contribution in [0.1, 0.15) is 33.6 Å². The van der Waals surface area contributed by atoms with Crippen LogP contribution in [0.15, 0.2) is 29.2 Å². The van der Waals surface area contributed by atoms with E-state index in [4.69, 9.17) is 17.3 Å². The molecule has 1 fully saturated rings. The number of anilines is 1. The van der Waals surface area contributed by atoms with Gasteiger partial charge in [0.25, 0.3) is 5.91 Å². The summed E-state index contributed by atoms with van der Waals surface area (Å²) in [7, 11) is -1.73. The Balaban J connectivity index is 1.52. The zero-order valence-corrected chi connectivity index (χ0v) is 20.0. The molecule has 2 amide bonds. The fourth-order valence-corrected chi connectivity index (χ4v) is 7.21. The monoisotopic (exact) mass is 496 g/mol. The number of hydrogen-bond donors (Lipinski definition) is 2. The van der Waals surface area contributed by atoms with Crippen LogP contribution in [-0.2, 0) is 27.8 Å². The van der Waals surface area contributed by atoms with E-state index < -0.39 is 21.8 Å². The number of sulfonamides is 1. The maximum absolute atomic E-state index is 13.1. The van der Waals surface area contributed by atoms with Crippen LogP contribution in [0.5, 0.6) is 0 Å². The van der Waals surface area contributed by atoms with Gasteiger partial charge in [-0.1, -0.05) is 11.6 Å². The summed E-state index contributed by atoms with van der Waals surface area (Å²) in [6, 6.07) is 6.00. The van der Waals surface area contributed by atoms with Crippen LogP contribution in [0.3, 0.4) is 0 Å². The Kier molecular flexibility index (Phi) is 6.60. The third-order valence-corrected chi connectivity index (χ3v) is 9.20. The van der Waals surface area contributed by atoms with Crippen LogP contribution in [0.25, 0.3) is 0 Å². The number of thiophene rings is 1. The van der Waals surface area contributed by atoms with Crippen LogP contribution >= 0.6 is 22.9 Å². The lowest BCUT2D eigenvalue weighted by molar-refractivity contribution is -0.120. The van der Waals surface area contributed by atoms with Crippen molar-refractivity contribution in [2.75, 3.05) is 32.0 Å². The Labute approximate surface area is 196 Å². The first-order valence-electron chi connectivity index (χ1n) is 10.4. The second kappa shape index (κ2) is 9.11. The molecule has 1 aromatic carbocycles. The number of nitrogens with zero attached hydrogens (tertiary/aromatic N) is 2. The van der Waals surface area contributed by atoms with Crippen molar-refractivity contribution >= 4 is 49.8 Å². The van der Waals surface area contributed by atoms with Gasteiger partial charge in [0.05, 0.1) is 16.4 Å². The van der Waals surface area contributed by atoms with Crippen LogP contribution < -0.4 is 11.1 Å². The topological polar surface area (TPSA) is 113 Å². The third-order valence-electron chi connectivity index (χ3n) is 5.94. The molecule has 0 saturated carbocycles. The van der Waals surface area contributed by atoms with E-state index >= 15 is 0 Å². The highest BCUT2D eigenvalue weighted by atomic mass is 35.5. The van der Waals surface area contributed by atoms with Crippen LogP contribution in [-0.4, -0.2) is 56.1 Å². The summed E-state index contributed by atoms with van der Waals surface area (Å²) >= 11 is 7.25. The molecule has 3 N–H and O–H groups in total. The normalized spacial score (nSPS) is 20.0. The van der Waals surface area contributed by atoms with Gasteiger partial charge in [0.2, 0.25) is 15.9 Å². The number of benzene rings is 1. The number of carbonyl (C=O) groups excluding carboxylic acids is 2. The first-order valence-corrected chi connectivity index (χ1v) is 13.0. The summed E-state index contributed by atoms with van der Waals surface area (Å²) in [6.45, 7) is 1.95. The molecule has 0 spiro atoms. The molecule has 2 aliphatic heterocycles. The second-order valence-electron chi connectivity index (χ2n) is 8.21. The van der Waals surface area contributed by atoms with Gasteiger partial charge in [0.1, 0.15) is 5.00 Å². The zero-order chi connectivity index (χ0) is 23.0. The molecule has 1 unspecified atom stereocenters. The minimum absolute atomic E-state index is 0.0799. The van der Waals surface area contributed by atoms with E-state index in [2.05, 4.69) is 10.2 Å². The number of likely N-dealkylation sites (N-methyl/N-ethyl adjacent to an activating group) is 1. The second-order valence-corrected chi connectivity index (χ2v) is 11.7. The molecule has 11 heteroatoms. The summed E-state index contributed by atoms with van der Waals surface area (Å²) in [5, 5.41) is 3.79. The minimum atomic E-state index is -3.73. The number of nitrogens with two attached hydrogens (primary N) is 1. The quantitative estimate of drug-likeness (QED) is 0.660. The Morgan fingerprint density at radius 3 is 2.62 bits per heavy atom. The van der Waals surface area contributed by atoms with E-state index in [1.807, 2.05) is 7.05 Å². The van der Waals surface area contributed by atoms with Gasteiger partial charge in [0.15, 0.2) is 0 Å². The van der Waals surface area contributed by atoms with Gasteiger partial charge >= 0.3 is 0 Å². The van der Waals surface area contributed by atoms with Gasteiger partial charge in [-0.25, -0.2) is 8.42 Å². The first-order chi connectivity index (χ1) is 15.2. The van der Waals surface area contributed by atoms with Gasteiger partial charge in [-0.05, 0) is 56.1 Å². The third kappa shape index (κ3) is 4.55. The lowest BCUT2D eigenvalue weighted by Crippen LogP contribution is -2.43. The van der Waals surface area contributed by atoms with Gasteiger partial charge in [-0.15, -0.1) is 11.3 Å². The van der Waals surface area contributed by atoms with Crippen molar-refractivity contribution in [2.24, 2.45) is 11.7 Å². The Morgan fingerprint density at radius 2 is 1.94 bits per heavy atom. The number of halogens is 1. The molecule has 32 heavy (non-hydrogen) atoms. The fraction of sp³-hybridized carbons (Fsp3) is 0.429. The molecule has 1 saturated heterocycles. The van der Waals surface area contributed by atoms with Gasteiger partial charge in [-0.2, -0.15) is 4.31 Å². The summed E-state index contributed by atoms with van der Waals surface area (Å²) in [4.78, 5) is 28.5. The molecule has 2 aromatic rings. The number of carbonyl (C=O) groups is 2. The molecule has 3 heterocycles. The highest BCUT2D eigenvalue weighted by Gasteiger charge is 2.34. The number of rotatable bonds is 5. The van der Waals surface area contributed by atoms with E-state index in [1.165, 1.54) is 39.9 Å². The Hall–Kier alpha value is -1.98. The predicted molar refractivity (Wildman–Crippen MR) is 124 cm³/mol. The Bertz CT molecular complexity index is 1150. The van der Waals surface area contributed by atoms with E-state index in [0.717, 1.165) is 17.0 Å². The maximum atomic E-state index is 13.1. The highest BCUT2D eigenvalue weighted by Crippen LogP contribution is 2.37. The number of amides is 2. The molecule has 1 aromatic heterocycles. The van der Waals surface area contributed by atoms with Crippen molar-refractivity contribution < 1.29 is 18.0 Å². The molecule has 0 aliphatic carbocycles. The summed E-state index contributed by atoms with van der Waals surface area (Å²) in [5.41, 5.74) is 6.92. The molecule has 1 atom stereocenters. The zero-order valence-electron chi connectivity index (χ0n) is 17.6. The predicted octanol–water partition coefficient (Wildman–Crippen LogP) is 2.53. The lowest BCUT2D eigenvalue weighted by Gasteiger charge is -2.31. The average Bonchev–Trinajstić information content (AvgIpc) is 3.11. The Morgan fingerprint density at radius 1 is 1.22 bits per heavy atom. The summed E-state index contributed by atoms with van der Waals surface area (Å²) < 4.78 is 27.4. The van der Waals surface area contributed by atoms with Gasteiger partial charge in [-0.3, -0.25) is 9.59 Å². The molecule has 4 rings (SSSR count). The number of primary amides is 1. The van der Waals surface area contributed by atoms with Gasteiger partial charge in [0, 0.05) is 36.1 Å². The highest BCUT2D eigenvalue weighted by molar-refractivity contribution is 7.89. The molecule has 0 radical (unpaired) electrons. The maximum Gasteiger partial charge on any atom is 0.251 e. The molecular weight excluding hydrogens is 472 g/mol. The molecular formula is C21H25ClN4O4S2. The van der Waals surface area contributed by atoms with Crippen molar-refractivity contribution in [1.82, 2.24) is 9.21 Å². The number of hydrogen-bond acceptors (Lipinski definition) is 6. The summed E-state index contributed by atoms with van der Waals surface area (Å²) in [6.07, 6.45) is 1.84. The minimum Gasteiger partial charge on any atom is -0.365 e. The first kappa shape index (κ1) is 23.2. The van der Waals surface area contributed by atoms with Crippen molar-refractivity contribution in [1.29, 1.82) is 0 Å². The van der Waals surface area contributed by atoms with Crippen LogP contribution in [0, 0.1) is 5.92 Å². The SMILES string of the molecule is CN1CCc2c(sc(NC(=O)C3CCCN(S(=O)(=O)c4ccc(Cl)cc4)C3)c2C(N)=O)C1. The number of nitrogens with one attached hydrogen (secondary N) is 1. The summed E-state index contributed by atoms with van der Waals surface area (Å²) in [5.74, 6) is -1.37. The fourth-order valence-electron chi connectivity index (χ4n) is 4.22. The number of piperidine rings is 1. The van der Waals surface area contributed by atoms with Crippen molar-refractivity contribution in [3.63, 3.8) is 0 Å². The van der Waals surface area contributed by atoms with E-state index in [9.17, 15) is 18.0 Å². The van der Waals surface area contributed by atoms with Crippen LogP contribution in [0.4, 0.5) is 5.00 Å². The smallest absolute Gasteiger partial charge is 0.251 e. The lowest BCUT2D eigenvalue weighted by atomic mass is 9.98. The van der Waals surface area contributed by atoms with Gasteiger partial charge < -0.3 is 16.0 Å². The van der Waals surface area contributed by atoms with Crippen molar-refractivity contribution in [3.05, 3.63) is 45.3 Å². The van der Waals surface area contributed by atoms with E-state index in [1.54, 1.807) is 0 Å². The van der Waals surface area contributed by atoms with Crippen LogP contribution in [0.2, 0.25) is 5.02 Å². The average molecular weight is 497 g/mol. The van der Waals surface area contributed by atoms with Crippen molar-refractivity contribution in [3.8, 4) is 0 Å². The van der Waals surface area contributed by atoms with E-state index in [-0.39, 0.29) is 17.3 Å². The standard InChI is InChI=1S/C21H25ClN4O4S2/c1-25-10-8-16-17(12-25)31-21(18(16)19(23)27)24-20(28)13-3-2-9-26(11-13)32(29,30)15-6-4-14(22)5-7-15/h4-7,13H,2-3,8-12H2,1H3,(H2,23,27)(H,24,28). The molecule has 2 aliphatic rings. The molecule has 8 nitrogen and oxygen atoms in total. The van der Waals surface area contributed by atoms with Crippen molar-refractivity contribution in [2.45, 2.75) is 30.7 Å². The van der Waals surface area contributed by atoms with E-state index in [0.29, 0.717) is 47.9 Å². The number of fused-ring (bicyclic) bond motifs is 1.